The van der Waals surface area contributed by atoms with Crippen LogP contribution in [0, 0.1) is 11.3 Å². The summed E-state index contributed by atoms with van der Waals surface area (Å²) in [5.41, 5.74) is 2.87. The number of nitrogens with zero attached hydrogens (tertiary/aromatic N) is 1. The van der Waals surface area contributed by atoms with E-state index in [4.69, 9.17) is 10.00 Å². The highest BCUT2D eigenvalue weighted by molar-refractivity contribution is 5.64. The molecule has 104 valence electrons. The quantitative estimate of drug-likeness (QED) is 0.739. The first-order chi connectivity index (χ1) is 10.3. The van der Waals surface area contributed by atoms with Crippen molar-refractivity contribution in [2.75, 3.05) is 6.61 Å². The zero-order valence-corrected chi connectivity index (χ0v) is 12.0. The lowest BCUT2D eigenvalue weighted by Crippen LogP contribution is -1.92. The summed E-state index contributed by atoms with van der Waals surface area (Å²) in [6.45, 7) is 2.54. The maximum atomic E-state index is 8.80. The summed E-state index contributed by atoms with van der Waals surface area (Å²) in [7, 11) is 0. The Labute approximate surface area is 125 Å². The fourth-order valence-electron chi connectivity index (χ4n) is 1.87. The van der Waals surface area contributed by atoms with Crippen LogP contribution in [0.3, 0.4) is 0 Å². The number of ether oxygens (including phenoxy) is 1. The van der Waals surface area contributed by atoms with E-state index in [9.17, 15) is 0 Å². The molecule has 2 rings (SSSR count). The van der Waals surface area contributed by atoms with Gasteiger partial charge >= 0.3 is 0 Å². The molecule has 0 amide bonds. The van der Waals surface area contributed by atoms with Crippen LogP contribution in [0.4, 0.5) is 0 Å². The van der Waals surface area contributed by atoms with E-state index in [1.807, 2.05) is 79.8 Å². The minimum absolute atomic E-state index is 0.556. The third-order valence-electron chi connectivity index (χ3n) is 2.99. The summed E-state index contributed by atoms with van der Waals surface area (Å²) in [5, 5.41) is 8.80. The molecule has 21 heavy (non-hydrogen) atoms. The van der Waals surface area contributed by atoms with Gasteiger partial charge in [0.1, 0.15) is 12.4 Å². The molecule has 2 aromatic carbocycles. The lowest BCUT2D eigenvalue weighted by atomic mass is 10.0. The Balaban J connectivity index is 1.99. The van der Waals surface area contributed by atoms with E-state index < -0.39 is 0 Å². The van der Waals surface area contributed by atoms with Crippen LogP contribution >= 0.6 is 0 Å². The molecular formula is C19H17NO. The summed E-state index contributed by atoms with van der Waals surface area (Å²) in [6, 6.07) is 17.6. The van der Waals surface area contributed by atoms with E-state index in [1.165, 1.54) is 0 Å². The van der Waals surface area contributed by atoms with Gasteiger partial charge in [-0.3, -0.25) is 0 Å². The van der Waals surface area contributed by atoms with Gasteiger partial charge in [0, 0.05) is 0 Å². The molecular weight excluding hydrogens is 258 g/mol. The van der Waals surface area contributed by atoms with Crippen molar-refractivity contribution in [1.82, 2.24) is 0 Å². The predicted octanol–water partition coefficient (Wildman–Crippen LogP) is 4.74. The monoisotopic (exact) mass is 275 g/mol. The van der Waals surface area contributed by atoms with Gasteiger partial charge in [-0.25, -0.2) is 0 Å². The Morgan fingerprint density at radius 2 is 1.57 bits per heavy atom. The number of nitriles is 1. The van der Waals surface area contributed by atoms with Gasteiger partial charge < -0.3 is 4.74 Å². The molecule has 0 N–H and O–H groups in total. The Morgan fingerprint density at radius 3 is 2.14 bits per heavy atom. The Morgan fingerprint density at radius 1 is 0.952 bits per heavy atom. The first-order valence-electron chi connectivity index (χ1n) is 6.84. The number of benzene rings is 2. The van der Waals surface area contributed by atoms with Crippen LogP contribution in [0.5, 0.6) is 5.75 Å². The van der Waals surface area contributed by atoms with Crippen LogP contribution in [0.2, 0.25) is 0 Å². The molecule has 0 saturated heterocycles. The van der Waals surface area contributed by atoms with E-state index in [-0.39, 0.29) is 0 Å². The molecule has 0 fully saturated rings. The molecule has 0 aliphatic rings. The normalized spacial score (nSPS) is 10.9. The molecule has 0 radical (unpaired) electrons. The maximum absolute atomic E-state index is 8.80. The Kier molecular flexibility index (Phi) is 5.37. The first-order valence-corrected chi connectivity index (χ1v) is 6.84. The number of hydrogen-bond donors (Lipinski definition) is 0. The molecule has 0 heterocycles. The van der Waals surface area contributed by atoms with Crippen molar-refractivity contribution in [3.8, 4) is 22.9 Å². The molecule has 0 atom stereocenters. The molecule has 0 aromatic heterocycles. The van der Waals surface area contributed by atoms with Crippen LogP contribution < -0.4 is 4.74 Å². The van der Waals surface area contributed by atoms with Crippen molar-refractivity contribution in [3.05, 3.63) is 78.4 Å². The smallest absolute Gasteiger partial charge is 0.119 e. The van der Waals surface area contributed by atoms with Gasteiger partial charge in [-0.05, 0) is 48.4 Å². The number of hydrogen-bond acceptors (Lipinski definition) is 2. The van der Waals surface area contributed by atoms with Crippen molar-refractivity contribution in [3.63, 3.8) is 0 Å². The van der Waals surface area contributed by atoms with Crippen LogP contribution in [-0.2, 0) is 0 Å². The van der Waals surface area contributed by atoms with Crippen molar-refractivity contribution < 1.29 is 4.74 Å². The average molecular weight is 275 g/mol. The van der Waals surface area contributed by atoms with Crippen LogP contribution in [-0.4, -0.2) is 6.61 Å². The zero-order valence-electron chi connectivity index (χ0n) is 12.0. The molecule has 0 saturated carbocycles. The highest BCUT2D eigenvalue weighted by atomic mass is 16.5. The third-order valence-corrected chi connectivity index (χ3v) is 2.99. The highest BCUT2D eigenvalue weighted by Gasteiger charge is 1.99. The minimum atomic E-state index is 0.556. The van der Waals surface area contributed by atoms with Gasteiger partial charge in [0.25, 0.3) is 0 Å². The van der Waals surface area contributed by atoms with Crippen LogP contribution in [0.15, 0.2) is 72.8 Å². The fraction of sp³-hybridized carbons (Fsp3) is 0.105. The minimum Gasteiger partial charge on any atom is -0.490 e. The summed E-state index contributed by atoms with van der Waals surface area (Å²) in [5.74, 6) is 0.845. The van der Waals surface area contributed by atoms with Crippen molar-refractivity contribution in [2.24, 2.45) is 0 Å². The topological polar surface area (TPSA) is 33.0 Å². The standard InChI is InChI=1S/C19H17NO/c1-2-3-4-5-14-21-19-12-10-18(11-13-19)17-8-6-16(15-20)7-9-17/h2-13H,14H2,1H3/b3-2+,5-4+. The Bertz CT molecular complexity index is 658. The summed E-state index contributed by atoms with van der Waals surface area (Å²) < 4.78 is 5.62. The number of rotatable bonds is 5. The van der Waals surface area contributed by atoms with Gasteiger partial charge in [-0.1, -0.05) is 42.5 Å². The second-order valence-corrected chi connectivity index (χ2v) is 4.48. The summed E-state index contributed by atoms with van der Waals surface area (Å²) >= 11 is 0. The second kappa shape index (κ2) is 7.72. The maximum Gasteiger partial charge on any atom is 0.119 e. The lowest BCUT2D eigenvalue weighted by molar-refractivity contribution is 0.363. The van der Waals surface area contributed by atoms with E-state index in [0.29, 0.717) is 12.2 Å². The fourth-order valence-corrected chi connectivity index (χ4v) is 1.87. The third kappa shape index (κ3) is 4.36. The SMILES string of the molecule is C/C=C/C=C/COc1ccc(-c2ccc(C#N)cc2)cc1. The van der Waals surface area contributed by atoms with Gasteiger partial charge in [0.2, 0.25) is 0 Å². The molecule has 2 nitrogen and oxygen atoms in total. The van der Waals surface area contributed by atoms with Crippen LogP contribution in [0.1, 0.15) is 12.5 Å². The molecule has 0 aliphatic carbocycles. The van der Waals surface area contributed by atoms with E-state index >= 15 is 0 Å². The molecule has 0 aliphatic heterocycles. The van der Waals surface area contributed by atoms with E-state index in [1.54, 1.807) is 0 Å². The van der Waals surface area contributed by atoms with E-state index in [2.05, 4.69) is 6.07 Å². The second-order valence-electron chi connectivity index (χ2n) is 4.48. The lowest BCUT2D eigenvalue weighted by Gasteiger charge is -2.05. The van der Waals surface area contributed by atoms with Crippen molar-refractivity contribution in [2.45, 2.75) is 6.92 Å². The van der Waals surface area contributed by atoms with Crippen molar-refractivity contribution >= 4 is 0 Å². The summed E-state index contributed by atoms with van der Waals surface area (Å²) in [4.78, 5) is 0. The molecule has 2 heteroatoms. The molecule has 2 aromatic rings. The van der Waals surface area contributed by atoms with Crippen LogP contribution in [0.25, 0.3) is 11.1 Å². The van der Waals surface area contributed by atoms with Crippen molar-refractivity contribution in [1.29, 1.82) is 5.26 Å². The average Bonchev–Trinajstić information content (AvgIpc) is 2.55. The molecule has 0 unspecified atom stereocenters. The van der Waals surface area contributed by atoms with Gasteiger partial charge in [0.15, 0.2) is 0 Å². The first kappa shape index (κ1) is 14.6. The molecule has 0 bridgehead atoms. The van der Waals surface area contributed by atoms with Gasteiger partial charge in [-0.2, -0.15) is 5.26 Å². The molecule has 0 spiro atoms. The highest BCUT2D eigenvalue weighted by Crippen LogP contribution is 2.22. The van der Waals surface area contributed by atoms with E-state index in [0.717, 1.165) is 16.9 Å². The predicted molar refractivity (Wildman–Crippen MR) is 86.0 cm³/mol. The summed E-state index contributed by atoms with van der Waals surface area (Å²) in [6.07, 6.45) is 7.87. The van der Waals surface area contributed by atoms with Gasteiger partial charge in [-0.15, -0.1) is 0 Å². The zero-order chi connectivity index (χ0) is 14.9. The van der Waals surface area contributed by atoms with Gasteiger partial charge in [0.05, 0.1) is 11.6 Å². The largest absolute Gasteiger partial charge is 0.490 e. The Hall–Kier alpha value is -2.79. The number of allylic oxidation sites excluding steroid dienone is 3.